The largest absolute Gasteiger partial charge is 0.355 e. The Kier molecular flexibility index (Phi) is 6.11. The van der Waals surface area contributed by atoms with Crippen LogP contribution in [-0.2, 0) is 4.79 Å². The molecule has 1 aliphatic carbocycles. The van der Waals surface area contributed by atoms with Gasteiger partial charge in [0.25, 0.3) is 0 Å². The Morgan fingerprint density at radius 2 is 1.74 bits per heavy atom. The van der Waals surface area contributed by atoms with E-state index in [0.29, 0.717) is 11.8 Å². The van der Waals surface area contributed by atoms with Gasteiger partial charge in [-0.05, 0) is 70.0 Å². The first-order chi connectivity index (χ1) is 9.28. The molecule has 2 fully saturated rings. The lowest BCUT2D eigenvalue weighted by Crippen LogP contribution is -2.34. The highest BCUT2D eigenvalue weighted by molar-refractivity contribution is 5.76. The Morgan fingerprint density at radius 1 is 1.11 bits per heavy atom. The summed E-state index contributed by atoms with van der Waals surface area (Å²) in [7, 11) is 0. The van der Waals surface area contributed by atoms with Crippen molar-refractivity contribution in [3.05, 3.63) is 0 Å². The van der Waals surface area contributed by atoms with Gasteiger partial charge < -0.3 is 16.0 Å². The molecule has 0 aromatic carbocycles. The van der Waals surface area contributed by atoms with Gasteiger partial charge in [0.05, 0.1) is 0 Å². The predicted molar refractivity (Wildman–Crippen MR) is 77.8 cm³/mol. The van der Waals surface area contributed by atoms with Crippen molar-refractivity contribution >= 4 is 5.91 Å². The lowest BCUT2D eigenvalue weighted by molar-refractivity contribution is -0.122. The van der Waals surface area contributed by atoms with Gasteiger partial charge >= 0.3 is 0 Å². The first-order valence-electron chi connectivity index (χ1n) is 7.97. The third-order valence-electron chi connectivity index (χ3n) is 4.72. The summed E-state index contributed by atoms with van der Waals surface area (Å²) in [4.78, 5) is 14.3. The molecule has 1 saturated heterocycles. The van der Waals surface area contributed by atoms with Crippen LogP contribution in [0.4, 0.5) is 0 Å². The Hall–Kier alpha value is -0.610. The summed E-state index contributed by atoms with van der Waals surface area (Å²) in [5.41, 5.74) is 5.69. The zero-order valence-corrected chi connectivity index (χ0v) is 12.1. The Morgan fingerprint density at radius 3 is 2.37 bits per heavy atom. The molecule has 2 rings (SSSR count). The maximum absolute atomic E-state index is 11.9. The highest BCUT2D eigenvalue weighted by atomic mass is 16.1. The highest BCUT2D eigenvalue weighted by Gasteiger charge is 2.22. The lowest BCUT2D eigenvalue weighted by atomic mass is 9.80. The number of carbonyl (C=O) groups excluding carboxylic acids is 1. The van der Waals surface area contributed by atoms with E-state index in [1.807, 2.05) is 0 Å². The molecule has 0 aromatic rings. The zero-order chi connectivity index (χ0) is 13.5. The minimum atomic E-state index is 0.246. The van der Waals surface area contributed by atoms with Crippen LogP contribution in [0.5, 0.6) is 0 Å². The molecule has 1 heterocycles. The van der Waals surface area contributed by atoms with Crippen LogP contribution in [0, 0.1) is 11.8 Å². The molecule has 19 heavy (non-hydrogen) atoms. The van der Waals surface area contributed by atoms with Gasteiger partial charge in [-0.15, -0.1) is 0 Å². The molecule has 0 radical (unpaired) electrons. The molecule has 1 saturated carbocycles. The van der Waals surface area contributed by atoms with E-state index in [0.717, 1.165) is 26.1 Å². The van der Waals surface area contributed by atoms with E-state index in [4.69, 9.17) is 5.73 Å². The second-order valence-corrected chi connectivity index (χ2v) is 6.23. The van der Waals surface area contributed by atoms with Crippen molar-refractivity contribution in [2.75, 3.05) is 32.7 Å². The molecule has 1 aliphatic heterocycles. The van der Waals surface area contributed by atoms with E-state index in [9.17, 15) is 4.79 Å². The van der Waals surface area contributed by atoms with E-state index in [1.165, 1.54) is 51.6 Å². The summed E-state index contributed by atoms with van der Waals surface area (Å²) in [5.74, 6) is 1.54. The first kappa shape index (κ1) is 14.8. The molecule has 4 nitrogen and oxygen atoms in total. The van der Waals surface area contributed by atoms with Gasteiger partial charge in [0.15, 0.2) is 0 Å². The quantitative estimate of drug-likeness (QED) is 0.764. The summed E-state index contributed by atoms with van der Waals surface area (Å²) < 4.78 is 0. The van der Waals surface area contributed by atoms with E-state index < -0.39 is 0 Å². The second-order valence-electron chi connectivity index (χ2n) is 6.23. The van der Waals surface area contributed by atoms with Gasteiger partial charge in [-0.1, -0.05) is 0 Å². The maximum Gasteiger partial charge on any atom is 0.220 e. The number of hydrogen-bond donors (Lipinski definition) is 2. The van der Waals surface area contributed by atoms with E-state index in [2.05, 4.69) is 10.2 Å². The standard InChI is InChI=1S/C15H29N3O/c16-12-14-5-3-13(4-6-14)11-15(19)17-7-10-18-8-1-2-9-18/h13-14H,1-12,16H2,(H,17,19). The van der Waals surface area contributed by atoms with Gasteiger partial charge in [0.1, 0.15) is 0 Å². The molecule has 2 aliphatic rings. The van der Waals surface area contributed by atoms with E-state index in [1.54, 1.807) is 0 Å². The van der Waals surface area contributed by atoms with Gasteiger partial charge in [-0.2, -0.15) is 0 Å². The van der Waals surface area contributed by atoms with Crippen LogP contribution >= 0.6 is 0 Å². The number of hydrogen-bond acceptors (Lipinski definition) is 3. The fraction of sp³-hybridized carbons (Fsp3) is 0.933. The van der Waals surface area contributed by atoms with Crippen molar-refractivity contribution in [1.29, 1.82) is 0 Å². The second kappa shape index (κ2) is 7.85. The minimum Gasteiger partial charge on any atom is -0.355 e. The van der Waals surface area contributed by atoms with Crippen molar-refractivity contribution in [1.82, 2.24) is 10.2 Å². The van der Waals surface area contributed by atoms with Crippen molar-refractivity contribution in [3.63, 3.8) is 0 Å². The van der Waals surface area contributed by atoms with Crippen LogP contribution in [0.2, 0.25) is 0 Å². The SMILES string of the molecule is NCC1CCC(CC(=O)NCCN2CCCC2)CC1. The normalized spacial score (nSPS) is 28.5. The number of carbonyl (C=O) groups is 1. The number of nitrogens with one attached hydrogen (secondary N) is 1. The van der Waals surface area contributed by atoms with Crippen LogP contribution < -0.4 is 11.1 Å². The summed E-state index contributed by atoms with van der Waals surface area (Å²) in [5, 5.41) is 3.08. The first-order valence-corrected chi connectivity index (χ1v) is 7.97. The number of rotatable bonds is 6. The average molecular weight is 267 g/mol. The molecule has 0 unspecified atom stereocenters. The fourth-order valence-corrected chi connectivity index (χ4v) is 3.37. The summed E-state index contributed by atoms with van der Waals surface area (Å²) >= 11 is 0. The molecule has 110 valence electrons. The third-order valence-corrected chi connectivity index (χ3v) is 4.72. The number of amides is 1. The van der Waals surface area contributed by atoms with Crippen LogP contribution in [-0.4, -0.2) is 43.5 Å². The monoisotopic (exact) mass is 267 g/mol. The number of nitrogens with two attached hydrogens (primary N) is 1. The fourth-order valence-electron chi connectivity index (χ4n) is 3.37. The Labute approximate surface area is 117 Å². The predicted octanol–water partition coefficient (Wildman–Crippen LogP) is 1.35. The maximum atomic E-state index is 11.9. The molecule has 4 heteroatoms. The third kappa shape index (κ3) is 5.11. The van der Waals surface area contributed by atoms with Crippen LogP contribution in [0.25, 0.3) is 0 Å². The topological polar surface area (TPSA) is 58.4 Å². The summed E-state index contributed by atoms with van der Waals surface area (Å²) in [6.45, 7) is 5.06. The van der Waals surface area contributed by atoms with Crippen molar-refractivity contribution in [3.8, 4) is 0 Å². The molecule has 0 aromatic heterocycles. The molecular weight excluding hydrogens is 238 g/mol. The zero-order valence-electron chi connectivity index (χ0n) is 12.1. The van der Waals surface area contributed by atoms with Crippen molar-refractivity contribution in [2.24, 2.45) is 17.6 Å². The Balaban J connectivity index is 1.54. The van der Waals surface area contributed by atoms with Gasteiger partial charge in [0, 0.05) is 19.5 Å². The minimum absolute atomic E-state index is 0.246. The van der Waals surface area contributed by atoms with Gasteiger partial charge in [-0.25, -0.2) is 0 Å². The summed E-state index contributed by atoms with van der Waals surface area (Å²) in [6.07, 6.45) is 8.14. The van der Waals surface area contributed by atoms with Crippen molar-refractivity contribution < 1.29 is 4.79 Å². The Bertz CT molecular complexity index is 269. The van der Waals surface area contributed by atoms with Crippen LogP contribution in [0.15, 0.2) is 0 Å². The highest BCUT2D eigenvalue weighted by Crippen LogP contribution is 2.29. The molecular formula is C15H29N3O. The number of likely N-dealkylation sites (tertiary alicyclic amines) is 1. The van der Waals surface area contributed by atoms with E-state index >= 15 is 0 Å². The van der Waals surface area contributed by atoms with Gasteiger partial charge in [0.2, 0.25) is 5.91 Å². The van der Waals surface area contributed by atoms with Crippen LogP contribution in [0.1, 0.15) is 44.9 Å². The molecule has 0 bridgehead atoms. The molecule has 0 spiro atoms. The smallest absolute Gasteiger partial charge is 0.220 e. The molecule has 0 atom stereocenters. The average Bonchev–Trinajstić information content (AvgIpc) is 2.93. The van der Waals surface area contributed by atoms with E-state index in [-0.39, 0.29) is 5.91 Å². The number of nitrogens with zero attached hydrogens (tertiary/aromatic N) is 1. The van der Waals surface area contributed by atoms with Crippen molar-refractivity contribution in [2.45, 2.75) is 44.9 Å². The lowest BCUT2D eigenvalue weighted by Gasteiger charge is -2.27. The molecule has 1 amide bonds. The van der Waals surface area contributed by atoms with Gasteiger partial charge in [-0.3, -0.25) is 4.79 Å². The summed E-state index contributed by atoms with van der Waals surface area (Å²) in [6, 6.07) is 0. The molecule has 3 N–H and O–H groups in total. The van der Waals surface area contributed by atoms with Crippen LogP contribution in [0.3, 0.4) is 0 Å².